The van der Waals surface area contributed by atoms with Crippen molar-refractivity contribution in [3.63, 3.8) is 0 Å². The molecule has 8 atom stereocenters. The van der Waals surface area contributed by atoms with Gasteiger partial charge in [0.2, 0.25) is 35.4 Å². The number of hydrogen-bond acceptors (Lipinski definition) is 8. The molecule has 0 aliphatic carbocycles. The Morgan fingerprint density at radius 3 is 1.84 bits per heavy atom. The highest BCUT2D eigenvalue weighted by Gasteiger charge is 2.36. The van der Waals surface area contributed by atoms with Gasteiger partial charge in [0, 0.05) is 6.54 Å². The molecule has 0 spiro atoms. The molecule has 1 aliphatic heterocycles. The lowest BCUT2D eigenvalue weighted by Gasteiger charge is -2.30. The van der Waals surface area contributed by atoms with E-state index in [9.17, 15) is 38.7 Å². The number of carbonyl (C=O) groups excluding carboxylic acids is 6. The van der Waals surface area contributed by atoms with Crippen molar-refractivity contribution in [2.75, 3.05) is 13.1 Å². The van der Waals surface area contributed by atoms with Crippen LogP contribution in [-0.2, 0) is 40.0 Å². The molecular weight excluding hydrogens is 634 g/mol. The summed E-state index contributed by atoms with van der Waals surface area (Å²) < 4.78 is 0. The molecule has 8 N–H and O–H groups in total. The van der Waals surface area contributed by atoms with E-state index in [-0.39, 0.29) is 24.8 Å². The standard InChI is InChI=1S/C34H53N7O8/c1-7-19(3)27(32(46)38-21(5)29(43)36-18-26(42)41-16-12-15-25(41)34(48)49)40-33(47)28(20(4)8-2)39-30(44)22(6)37-31(45)24(35)17-23-13-10-9-11-14-23/h9-11,13-14,19-22,24-25,27-28H,7-8,12,15-18,35H2,1-6H3,(H,36,43)(H,37,45)(H,38,46)(H,39,44)(H,40,47)(H,48,49)/t19-,20-,21-,22-,24-,25-,27-,28-/m0/s1. The summed E-state index contributed by atoms with van der Waals surface area (Å²) in [6, 6.07) is 3.20. The van der Waals surface area contributed by atoms with Crippen LogP contribution in [0.2, 0.25) is 0 Å². The summed E-state index contributed by atoms with van der Waals surface area (Å²) in [5.41, 5.74) is 6.93. The summed E-state index contributed by atoms with van der Waals surface area (Å²) >= 11 is 0. The Morgan fingerprint density at radius 1 is 0.776 bits per heavy atom. The van der Waals surface area contributed by atoms with Crippen molar-refractivity contribution >= 4 is 41.4 Å². The van der Waals surface area contributed by atoms with Crippen LogP contribution in [0, 0.1) is 11.8 Å². The molecule has 0 bridgehead atoms. The number of carbonyl (C=O) groups is 7. The Labute approximate surface area is 287 Å². The molecular formula is C34H53N7O8. The van der Waals surface area contributed by atoms with Crippen molar-refractivity contribution in [2.45, 2.75) is 110 Å². The molecule has 1 fully saturated rings. The van der Waals surface area contributed by atoms with E-state index in [1.54, 1.807) is 13.8 Å². The minimum Gasteiger partial charge on any atom is -0.480 e. The molecule has 49 heavy (non-hydrogen) atoms. The van der Waals surface area contributed by atoms with Gasteiger partial charge in [-0.15, -0.1) is 0 Å². The number of rotatable bonds is 18. The summed E-state index contributed by atoms with van der Waals surface area (Å²) in [4.78, 5) is 90.7. The molecule has 2 rings (SSSR count). The van der Waals surface area contributed by atoms with E-state index in [4.69, 9.17) is 5.73 Å². The summed E-state index contributed by atoms with van der Waals surface area (Å²) in [7, 11) is 0. The topological polar surface area (TPSA) is 229 Å². The zero-order valence-corrected chi connectivity index (χ0v) is 29.3. The average Bonchev–Trinajstić information content (AvgIpc) is 3.58. The molecule has 6 amide bonds. The van der Waals surface area contributed by atoms with Crippen molar-refractivity contribution in [1.29, 1.82) is 0 Å². The number of nitrogens with one attached hydrogen (secondary N) is 5. The van der Waals surface area contributed by atoms with E-state index >= 15 is 0 Å². The lowest BCUT2D eigenvalue weighted by molar-refractivity contribution is -0.148. The van der Waals surface area contributed by atoms with Crippen LogP contribution in [0.15, 0.2) is 30.3 Å². The van der Waals surface area contributed by atoms with Crippen molar-refractivity contribution in [3.8, 4) is 0 Å². The van der Waals surface area contributed by atoms with Gasteiger partial charge in [0.25, 0.3) is 0 Å². The van der Waals surface area contributed by atoms with Crippen molar-refractivity contribution < 1.29 is 38.7 Å². The first-order valence-electron chi connectivity index (χ1n) is 16.9. The van der Waals surface area contributed by atoms with Crippen LogP contribution in [-0.4, -0.2) is 101 Å². The van der Waals surface area contributed by atoms with Gasteiger partial charge in [0.1, 0.15) is 30.2 Å². The van der Waals surface area contributed by atoms with Gasteiger partial charge in [-0.2, -0.15) is 0 Å². The van der Waals surface area contributed by atoms with Crippen LogP contribution < -0.4 is 32.3 Å². The molecule has 15 heteroatoms. The third kappa shape index (κ3) is 12.1. The molecule has 1 heterocycles. The summed E-state index contributed by atoms with van der Waals surface area (Å²) in [6.45, 7) is 9.98. The lowest BCUT2D eigenvalue weighted by atomic mass is 9.94. The minimum absolute atomic E-state index is 0.280. The number of carboxylic acid groups (broad SMARTS) is 1. The van der Waals surface area contributed by atoms with Crippen LogP contribution in [0.4, 0.5) is 0 Å². The molecule has 0 radical (unpaired) electrons. The second-order valence-electron chi connectivity index (χ2n) is 12.8. The molecule has 1 aliphatic rings. The van der Waals surface area contributed by atoms with Crippen LogP contribution in [0.1, 0.15) is 72.8 Å². The smallest absolute Gasteiger partial charge is 0.326 e. The van der Waals surface area contributed by atoms with Gasteiger partial charge >= 0.3 is 5.97 Å². The Kier molecular flexibility index (Phi) is 16.1. The number of aliphatic carboxylic acids is 1. The highest BCUT2D eigenvalue weighted by atomic mass is 16.4. The molecule has 0 saturated carbocycles. The number of amides is 6. The van der Waals surface area contributed by atoms with Gasteiger partial charge in [-0.05, 0) is 50.5 Å². The van der Waals surface area contributed by atoms with E-state index in [1.165, 1.54) is 18.7 Å². The first-order chi connectivity index (χ1) is 23.1. The summed E-state index contributed by atoms with van der Waals surface area (Å²) in [5, 5.41) is 22.4. The third-order valence-electron chi connectivity index (χ3n) is 9.00. The summed E-state index contributed by atoms with van der Waals surface area (Å²) in [5.74, 6) is -5.37. The van der Waals surface area contributed by atoms with E-state index in [2.05, 4.69) is 26.6 Å². The van der Waals surface area contributed by atoms with E-state index in [1.807, 2.05) is 44.2 Å². The predicted molar refractivity (Wildman–Crippen MR) is 181 cm³/mol. The second-order valence-corrected chi connectivity index (χ2v) is 12.8. The van der Waals surface area contributed by atoms with Gasteiger partial charge in [0.05, 0.1) is 12.6 Å². The molecule has 1 aromatic rings. The number of nitrogens with two attached hydrogens (primary N) is 1. The van der Waals surface area contributed by atoms with E-state index in [0.29, 0.717) is 25.7 Å². The van der Waals surface area contributed by atoms with Gasteiger partial charge in [-0.25, -0.2) is 4.79 Å². The fourth-order valence-corrected chi connectivity index (χ4v) is 5.38. The van der Waals surface area contributed by atoms with Gasteiger partial charge in [0.15, 0.2) is 0 Å². The zero-order chi connectivity index (χ0) is 36.8. The monoisotopic (exact) mass is 687 g/mol. The number of likely N-dealkylation sites (tertiary alicyclic amines) is 1. The summed E-state index contributed by atoms with van der Waals surface area (Å²) in [6.07, 6.45) is 2.18. The normalized spacial score (nSPS) is 18.4. The van der Waals surface area contributed by atoms with E-state index in [0.717, 1.165) is 5.56 Å². The molecule has 0 aromatic heterocycles. The Morgan fingerprint density at radius 2 is 1.29 bits per heavy atom. The Balaban J connectivity index is 2.01. The third-order valence-corrected chi connectivity index (χ3v) is 9.00. The molecule has 15 nitrogen and oxygen atoms in total. The molecule has 1 aromatic carbocycles. The molecule has 272 valence electrons. The lowest BCUT2D eigenvalue weighted by Crippen LogP contribution is -2.60. The van der Waals surface area contributed by atoms with Gasteiger partial charge in [-0.3, -0.25) is 28.8 Å². The largest absolute Gasteiger partial charge is 0.480 e. The maximum atomic E-state index is 13.6. The first-order valence-corrected chi connectivity index (χ1v) is 16.9. The Hall–Kier alpha value is -4.53. The van der Waals surface area contributed by atoms with Crippen molar-refractivity contribution in [3.05, 3.63) is 35.9 Å². The van der Waals surface area contributed by atoms with Crippen LogP contribution in [0.5, 0.6) is 0 Å². The number of nitrogens with zero attached hydrogens (tertiary/aromatic N) is 1. The first kappa shape index (κ1) is 40.6. The fourth-order valence-electron chi connectivity index (χ4n) is 5.38. The zero-order valence-electron chi connectivity index (χ0n) is 29.3. The maximum absolute atomic E-state index is 13.6. The highest BCUT2D eigenvalue weighted by molar-refractivity contribution is 5.96. The van der Waals surface area contributed by atoms with E-state index < -0.39 is 84.2 Å². The quantitative estimate of drug-likeness (QED) is 0.108. The van der Waals surface area contributed by atoms with Gasteiger partial charge in [-0.1, -0.05) is 70.9 Å². The van der Waals surface area contributed by atoms with Crippen molar-refractivity contribution in [1.82, 2.24) is 31.5 Å². The number of benzene rings is 1. The SMILES string of the molecule is CC[C@H](C)[C@H](NC(=O)[C@H](C)NC(=O)[C@@H](N)Cc1ccccc1)C(=O)N[C@H](C(=O)N[C@@H](C)C(=O)NCC(=O)N1CCC[C@H]1C(=O)O)[C@@H](C)CC. The van der Waals surface area contributed by atoms with Crippen LogP contribution in [0.25, 0.3) is 0 Å². The number of hydrogen-bond donors (Lipinski definition) is 7. The predicted octanol–water partition coefficient (Wildman–Crippen LogP) is -0.181. The average molecular weight is 688 g/mol. The second kappa shape index (κ2) is 19.5. The Bertz CT molecular complexity index is 1330. The molecule has 1 saturated heterocycles. The maximum Gasteiger partial charge on any atom is 0.326 e. The van der Waals surface area contributed by atoms with Crippen LogP contribution >= 0.6 is 0 Å². The van der Waals surface area contributed by atoms with Crippen LogP contribution in [0.3, 0.4) is 0 Å². The minimum atomic E-state index is -1.10. The number of carboxylic acids is 1. The fraction of sp³-hybridized carbons (Fsp3) is 0.618. The van der Waals surface area contributed by atoms with Gasteiger partial charge < -0.3 is 42.3 Å². The highest BCUT2D eigenvalue weighted by Crippen LogP contribution is 2.17. The molecule has 0 unspecified atom stereocenters. The van der Waals surface area contributed by atoms with Crippen molar-refractivity contribution in [2.24, 2.45) is 17.6 Å².